The van der Waals surface area contributed by atoms with Crippen molar-refractivity contribution < 1.29 is 14.7 Å². The minimum atomic E-state index is -0.982. The van der Waals surface area contributed by atoms with Crippen LogP contribution in [0.2, 0.25) is 0 Å². The fourth-order valence-electron chi connectivity index (χ4n) is 1.69. The lowest BCUT2D eigenvalue weighted by Gasteiger charge is -2.14. The van der Waals surface area contributed by atoms with Crippen molar-refractivity contribution in [3.05, 3.63) is 35.4 Å². The molecule has 98 valence electrons. The smallest absolute Gasteiger partial charge is 0.326 e. The lowest BCUT2D eigenvalue weighted by molar-refractivity contribution is -0.139. The average molecular weight is 249 g/mol. The van der Waals surface area contributed by atoms with Crippen LogP contribution in [0.15, 0.2) is 24.3 Å². The maximum absolute atomic E-state index is 11.9. The van der Waals surface area contributed by atoms with E-state index in [0.29, 0.717) is 12.0 Å². The lowest BCUT2D eigenvalue weighted by Crippen LogP contribution is -2.40. The number of carbonyl (C=O) groups is 2. The molecule has 0 saturated heterocycles. The van der Waals surface area contributed by atoms with Crippen molar-refractivity contribution in [2.75, 3.05) is 0 Å². The summed E-state index contributed by atoms with van der Waals surface area (Å²) < 4.78 is 0. The monoisotopic (exact) mass is 249 g/mol. The summed E-state index contributed by atoms with van der Waals surface area (Å²) in [5.41, 5.74) is 1.47. The zero-order valence-electron chi connectivity index (χ0n) is 10.8. The van der Waals surface area contributed by atoms with E-state index in [1.807, 2.05) is 19.9 Å². The van der Waals surface area contributed by atoms with E-state index in [1.165, 1.54) is 0 Å². The van der Waals surface area contributed by atoms with Crippen LogP contribution in [0, 0.1) is 6.92 Å². The number of carboxylic acid groups (broad SMARTS) is 1. The van der Waals surface area contributed by atoms with Gasteiger partial charge in [0.2, 0.25) is 0 Å². The van der Waals surface area contributed by atoms with E-state index in [-0.39, 0.29) is 5.91 Å². The van der Waals surface area contributed by atoms with Gasteiger partial charge in [-0.2, -0.15) is 0 Å². The Morgan fingerprint density at radius 3 is 2.67 bits per heavy atom. The first kappa shape index (κ1) is 14.2. The minimum Gasteiger partial charge on any atom is -0.480 e. The van der Waals surface area contributed by atoms with E-state index < -0.39 is 12.0 Å². The number of amides is 1. The topological polar surface area (TPSA) is 66.4 Å². The lowest BCUT2D eigenvalue weighted by atomic mass is 10.1. The van der Waals surface area contributed by atoms with E-state index in [9.17, 15) is 9.59 Å². The second-order valence-corrected chi connectivity index (χ2v) is 4.38. The fourth-order valence-corrected chi connectivity index (χ4v) is 1.69. The van der Waals surface area contributed by atoms with Crippen LogP contribution in [0.1, 0.15) is 42.1 Å². The van der Waals surface area contributed by atoms with Crippen LogP contribution in [-0.4, -0.2) is 23.0 Å². The summed E-state index contributed by atoms with van der Waals surface area (Å²) in [6.07, 6.45) is 2.15. The van der Waals surface area contributed by atoms with Crippen molar-refractivity contribution >= 4 is 11.9 Å². The Bertz CT molecular complexity index is 429. The third-order valence-electron chi connectivity index (χ3n) is 2.73. The van der Waals surface area contributed by atoms with Gasteiger partial charge < -0.3 is 10.4 Å². The van der Waals surface area contributed by atoms with Crippen LogP contribution in [0.5, 0.6) is 0 Å². The summed E-state index contributed by atoms with van der Waals surface area (Å²) in [6, 6.07) is 6.29. The standard InChI is InChI=1S/C14H19NO3/c1-3-4-8-12(14(17)18)15-13(16)11-7-5-6-10(2)9-11/h5-7,9,12H,3-4,8H2,1-2H3,(H,15,16)(H,17,18)/t12-/m0/s1. The third kappa shape index (κ3) is 4.20. The molecule has 0 aliphatic heterocycles. The Labute approximate surface area is 107 Å². The van der Waals surface area contributed by atoms with E-state index in [1.54, 1.807) is 18.2 Å². The van der Waals surface area contributed by atoms with Crippen molar-refractivity contribution in [2.24, 2.45) is 0 Å². The number of hydrogen-bond donors (Lipinski definition) is 2. The highest BCUT2D eigenvalue weighted by Crippen LogP contribution is 2.06. The number of rotatable bonds is 6. The first-order chi connectivity index (χ1) is 8.54. The van der Waals surface area contributed by atoms with Gasteiger partial charge in [-0.3, -0.25) is 4.79 Å². The summed E-state index contributed by atoms with van der Waals surface area (Å²) in [5, 5.41) is 11.6. The van der Waals surface area contributed by atoms with Crippen LogP contribution < -0.4 is 5.32 Å². The Morgan fingerprint density at radius 2 is 2.11 bits per heavy atom. The van der Waals surface area contributed by atoms with Crippen molar-refractivity contribution in [3.63, 3.8) is 0 Å². The van der Waals surface area contributed by atoms with Crippen LogP contribution in [0.4, 0.5) is 0 Å². The second kappa shape index (κ2) is 6.79. The molecule has 0 radical (unpaired) electrons. The molecule has 2 N–H and O–H groups in total. The molecule has 0 spiro atoms. The predicted molar refractivity (Wildman–Crippen MR) is 69.6 cm³/mol. The minimum absolute atomic E-state index is 0.331. The number of nitrogens with one attached hydrogen (secondary N) is 1. The Kier molecular flexibility index (Phi) is 5.36. The van der Waals surface area contributed by atoms with E-state index >= 15 is 0 Å². The number of carboxylic acids is 1. The second-order valence-electron chi connectivity index (χ2n) is 4.38. The number of aliphatic carboxylic acids is 1. The van der Waals surface area contributed by atoms with Crippen LogP contribution in [0.3, 0.4) is 0 Å². The number of carbonyl (C=O) groups excluding carboxylic acids is 1. The molecule has 0 unspecified atom stereocenters. The molecule has 18 heavy (non-hydrogen) atoms. The van der Waals surface area contributed by atoms with Gasteiger partial charge in [0.1, 0.15) is 6.04 Å². The van der Waals surface area contributed by atoms with E-state index in [0.717, 1.165) is 18.4 Å². The summed E-state index contributed by atoms with van der Waals surface area (Å²) in [6.45, 7) is 3.88. The van der Waals surface area contributed by atoms with Crippen molar-refractivity contribution in [1.29, 1.82) is 0 Å². The third-order valence-corrected chi connectivity index (χ3v) is 2.73. The molecule has 0 aromatic heterocycles. The van der Waals surface area contributed by atoms with Gasteiger partial charge in [0, 0.05) is 5.56 Å². The van der Waals surface area contributed by atoms with Gasteiger partial charge in [-0.1, -0.05) is 37.5 Å². The predicted octanol–water partition coefficient (Wildman–Crippen LogP) is 2.37. The number of benzene rings is 1. The zero-order chi connectivity index (χ0) is 13.5. The molecule has 1 aromatic carbocycles. The fraction of sp³-hybridized carbons (Fsp3) is 0.429. The maximum atomic E-state index is 11.9. The van der Waals surface area contributed by atoms with Crippen LogP contribution in [0.25, 0.3) is 0 Å². The Balaban J connectivity index is 2.69. The summed E-state index contributed by atoms with van der Waals surface area (Å²) in [7, 11) is 0. The molecular weight excluding hydrogens is 230 g/mol. The molecule has 1 aromatic rings. The van der Waals surface area contributed by atoms with Crippen molar-refractivity contribution in [2.45, 2.75) is 39.2 Å². The molecule has 1 amide bonds. The molecule has 0 saturated carbocycles. The van der Waals surface area contributed by atoms with Gasteiger partial charge in [-0.25, -0.2) is 4.79 Å². The van der Waals surface area contributed by atoms with Crippen LogP contribution >= 0.6 is 0 Å². The highest BCUT2D eigenvalue weighted by Gasteiger charge is 2.19. The largest absolute Gasteiger partial charge is 0.480 e. The molecule has 4 heteroatoms. The molecule has 0 aliphatic carbocycles. The molecule has 4 nitrogen and oxygen atoms in total. The highest BCUT2D eigenvalue weighted by molar-refractivity contribution is 5.96. The summed E-state index contributed by atoms with van der Waals surface area (Å²) in [5.74, 6) is -1.31. The quantitative estimate of drug-likeness (QED) is 0.813. The molecule has 0 aliphatic rings. The molecular formula is C14H19NO3. The van der Waals surface area contributed by atoms with Gasteiger partial charge in [-0.05, 0) is 25.5 Å². The van der Waals surface area contributed by atoms with Crippen LogP contribution in [-0.2, 0) is 4.79 Å². The summed E-state index contributed by atoms with van der Waals surface area (Å²) >= 11 is 0. The first-order valence-corrected chi connectivity index (χ1v) is 6.15. The molecule has 0 bridgehead atoms. The van der Waals surface area contributed by atoms with E-state index in [2.05, 4.69) is 5.32 Å². The molecule has 0 heterocycles. The molecule has 1 rings (SSSR count). The number of aryl methyl sites for hydroxylation is 1. The molecule has 1 atom stereocenters. The average Bonchev–Trinajstić information content (AvgIpc) is 2.33. The first-order valence-electron chi connectivity index (χ1n) is 6.15. The van der Waals surface area contributed by atoms with E-state index in [4.69, 9.17) is 5.11 Å². The van der Waals surface area contributed by atoms with Gasteiger partial charge in [0.05, 0.1) is 0 Å². The highest BCUT2D eigenvalue weighted by atomic mass is 16.4. The SMILES string of the molecule is CCCC[C@H](NC(=O)c1cccc(C)c1)C(=O)O. The maximum Gasteiger partial charge on any atom is 0.326 e. The number of hydrogen-bond acceptors (Lipinski definition) is 2. The van der Waals surface area contributed by atoms with Gasteiger partial charge >= 0.3 is 5.97 Å². The van der Waals surface area contributed by atoms with Crippen molar-refractivity contribution in [1.82, 2.24) is 5.32 Å². The molecule has 0 fully saturated rings. The zero-order valence-corrected chi connectivity index (χ0v) is 10.8. The number of unbranched alkanes of at least 4 members (excludes halogenated alkanes) is 1. The van der Waals surface area contributed by atoms with Gasteiger partial charge in [0.15, 0.2) is 0 Å². The van der Waals surface area contributed by atoms with Gasteiger partial charge in [-0.15, -0.1) is 0 Å². The Hall–Kier alpha value is -1.84. The Morgan fingerprint density at radius 1 is 1.39 bits per heavy atom. The normalized spacial score (nSPS) is 11.9. The van der Waals surface area contributed by atoms with Gasteiger partial charge in [0.25, 0.3) is 5.91 Å². The van der Waals surface area contributed by atoms with Crippen molar-refractivity contribution in [3.8, 4) is 0 Å². The summed E-state index contributed by atoms with van der Waals surface area (Å²) in [4.78, 5) is 22.9.